The largest absolute Gasteiger partial charge is 0.748 e. The minimum absolute atomic E-state index is 0. The molecule has 0 unspecified atom stereocenters. The molecule has 0 spiro atoms. The summed E-state index contributed by atoms with van der Waals surface area (Å²) in [5.74, 6) is 0. The van der Waals surface area contributed by atoms with Gasteiger partial charge in [0.25, 0.3) is 0 Å². The van der Waals surface area contributed by atoms with Gasteiger partial charge in [-0.15, -0.1) is 24.8 Å². The first kappa shape index (κ1) is 23.9. The molecule has 0 saturated carbocycles. The van der Waals surface area contributed by atoms with Crippen molar-refractivity contribution in [3.05, 3.63) is 60.7 Å². The minimum Gasteiger partial charge on any atom is -0.748 e. The molecule has 4 heteroatoms. The van der Waals surface area contributed by atoms with E-state index >= 15 is 0 Å². The monoisotopic (exact) mass is 364 g/mol. The van der Waals surface area contributed by atoms with Crippen LogP contribution >= 0.6 is 24.8 Å². The Morgan fingerprint density at radius 3 is 1.07 bits per heavy atom. The Hall–Kier alpha value is 0.462. The summed E-state index contributed by atoms with van der Waals surface area (Å²) in [5, 5.41) is 0. The Bertz CT molecular complexity index is 157. The Labute approximate surface area is 122 Å². The van der Waals surface area contributed by atoms with E-state index in [4.69, 9.17) is 0 Å². The van der Waals surface area contributed by atoms with E-state index in [1.54, 1.807) is 0 Å². The van der Waals surface area contributed by atoms with Crippen LogP contribution in [0.25, 0.3) is 0 Å². The van der Waals surface area contributed by atoms with Crippen molar-refractivity contribution in [1.29, 1.82) is 0 Å². The Balaban J connectivity index is -0.0000000556. The quantitative estimate of drug-likeness (QED) is 0.494. The summed E-state index contributed by atoms with van der Waals surface area (Å²) < 4.78 is 0. The fraction of sp³-hybridized carbons (Fsp3) is 0. The molecule has 90 valence electrons. The second-order valence-corrected chi connectivity index (χ2v) is 1.92. The van der Waals surface area contributed by atoms with E-state index < -0.39 is 0 Å². The van der Waals surface area contributed by atoms with Crippen LogP contribution in [0.3, 0.4) is 0 Å². The Kier molecular flexibility index (Phi) is 32.7. The molecule has 0 bridgehead atoms. The molecule has 0 aliphatic carbocycles. The molecule has 0 nitrogen and oxygen atoms in total. The van der Waals surface area contributed by atoms with E-state index in [1.807, 2.05) is 60.7 Å². The molecule has 0 aromatic heterocycles. The summed E-state index contributed by atoms with van der Waals surface area (Å²) in [6.45, 7) is 0. The molecule has 2 rings (SSSR count). The van der Waals surface area contributed by atoms with E-state index in [2.05, 4.69) is 0 Å². The minimum atomic E-state index is 0. The second kappa shape index (κ2) is 19.1. The second-order valence-electron chi connectivity index (χ2n) is 1.92. The molecule has 0 atom stereocenters. The fourth-order valence-corrected chi connectivity index (χ4v) is 0.642. The van der Waals surface area contributed by atoms with Gasteiger partial charge in [-0.2, -0.15) is 18.2 Å². The molecule has 0 amide bonds. The van der Waals surface area contributed by atoms with E-state index in [1.165, 1.54) is 0 Å². The van der Waals surface area contributed by atoms with Crippen molar-refractivity contribution < 1.29 is 37.5 Å². The molecular weight excluding hydrogens is 353 g/mol. The third-order valence-electron chi connectivity index (χ3n) is 1.11. The van der Waals surface area contributed by atoms with Crippen molar-refractivity contribution in [1.82, 2.24) is 0 Å². The van der Waals surface area contributed by atoms with Gasteiger partial charge in [0.2, 0.25) is 0 Å². The van der Waals surface area contributed by atoms with E-state index in [0.717, 1.165) is 0 Å². The maximum atomic E-state index is 2.00. The molecule has 0 saturated heterocycles. The molecular formula is C10H12Cl2FePd-6. The van der Waals surface area contributed by atoms with Gasteiger partial charge in [-0.1, -0.05) is 0 Å². The molecule has 0 aliphatic heterocycles. The average molecular weight is 365 g/mol. The van der Waals surface area contributed by atoms with Crippen molar-refractivity contribution in [3.8, 4) is 0 Å². The SMILES string of the molecule is Cl.Cl.[Fe].[Pd].[cH-]1[cH-][cH-][cH-][cH-]1.c1cc[cH-]c1. The standard InChI is InChI=1S/2C5H5.2ClH.Fe.Pd/c2*1-2-4-5-3-1;;;;/h2*1-5H;2*1H;;/q-5;-1;;;;. The molecule has 0 heterocycles. The summed E-state index contributed by atoms with van der Waals surface area (Å²) in [6.07, 6.45) is 0. The number of rotatable bonds is 0. The first-order valence-corrected chi connectivity index (χ1v) is 3.33. The van der Waals surface area contributed by atoms with Crippen LogP contribution in [-0.4, -0.2) is 0 Å². The van der Waals surface area contributed by atoms with Crippen molar-refractivity contribution in [2.75, 3.05) is 0 Å². The molecule has 14 heavy (non-hydrogen) atoms. The average Bonchev–Trinajstić information content (AvgIpc) is 2.67. The van der Waals surface area contributed by atoms with Gasteiger partial charge in [-0.3, -0.25) is 0 Å². The van der Waals surface area contributed by atoms with Crippen molar-refractivity contribution in [3.63, 3.8) is 0 Å². The van der Waals surface area contributed by atoms with Gasteiger partial charge in [0.15, 0.2) is 0 Å². The first-order valence-electron chi connectivity index (χ1n) is 3.33. The molecule has 2 aromatic rings. The van der Waals surface area contributed by atoms with Crippen LogP contribution in [0, 0.1) is 0 Å². The summed E-state index contributed by atoms with van der Waals surface area (Å²) in [4.78, 5) is 0. The number of halogens is 2. The van der Waals surface area contributed by atoms with Gasteiger partial charge in [0.05, 0.1) is 0 Å². The summed E-state index contributed by atoms with van der Waals surface area (Å²) >= 11 is 0. The van der Waals surface area contributed by atoms with Crippen LogP contribution in [0.4, 0.5) is 0 Å². The normalized spacial score (nSPS) is 5.71. The van der Waals surface area contributed by atoms with Crippen LogP contribution < -0.4 is 0 Å². The third kappa shape index (κ3) is 15.0. The van der Waals surface area contributed by atoms with Crippen LogP contribution in [0.2, 0.25) is 0 Å². The predicted molar refractivity (Wildman–Crippen MR) is 58.6 cm³/mol. The van der Waals surface area contributed by atoms with Crippen LogP contribution in [0.5, 0.6) is 0 Å². The zero-order chi connectivity index (χ0) is 7.07. The zero-order valence-electron chi connectivity index (χ0n) is 7.26. The Morgan fingerprint density at radius 1 is 0.643 bits per heavy atom. The van der Waals surface area contributed by atoms with Crippen LogP contribution in [0.15, 0.2) is 60.7 Å². The smallest absolute Gasteiger partial charge is 0 e. The van der Waals surface area contributed by atoms with Crippen LogP contribution in [-0.2, 0) is 37.5 Å². The van der Waals surface area contributed by atoms with Gasteiger partial charge in [-0.05, 0) is 0 Å². The van der Waals surface area contributed by atoms with E-state index in [9.17, 15) is 0 Å². The van der Waals surface area contributed by atoms with Crippen molar-refractivity contribution in [2.45, 2.75) is 0 Å². The maximum absolute atomic E-state index is 2.00. The summed E-state index contributed by atoms with van der Waals surface area (Å²) in [5.41, 5.74) is 0. The summed E-state index contributed by atoms with van der Waals surface area (Å²) in [7, 11) is 0. The van der Waals surface area contributed by atoms with Gasteiger partial charge >= 0.3 is 0 Å². The Morgan fingerprint density at radius 2 is 0.929 bits per heavy atom. The number of hydrogen-bond acceptors (Lipinski definition) is 0. The molecule has 0 aliphatic rings. The molecule has 2 aromatic carbocycles. The topological polar surface area (TPSA) is 0 Å². The molecule has 0 radical (unpaired) electrons. The van der Waals surface area contributed by atoms with Gasteiger partial charge in [0, 0.05) is 37.5 Å². The zero-order valence-corrected chi connectivity index (χ0v) is 11.6. The van der Waals surface area contributed by atoms with Gasteiger partial charge in [-0.25, -0.2) is 12.1 Å². The van der Waals surface area contributed by atoms with Crippen molar-refractivity contribution in [2.24, 2.45) is 0 Å². The van der Waals surface area contributed by atoms with Gasteiger partial charge < -0.3 is 30.3 Å². The molecule has 0 N–H and O–H groups in total. The van der Waals surface area contributed by atoms with Gasteiger partial charge in [0.1, 0.15) is 0 Å². The first-order chi connectivity index (χ1) is 5.00. The maximum Gasteiger partial charge on any atom is 0 e. The van der Waals surface area contributed by atoms with Crippen molar-refractivity contribution >= 4 is 24.8 Å². The van der Waals surface area contributed by atoms with E-state index in [-0.39, 0.29) is 62.3 Å². The number of hydrogen-bond donors (Lipinski definition) is 0. The van der Waals surface area contributed by atoms with Crippen LogP contribution in [0.1, 0.15) is 0 Å². The third-order valence-corrected chi connectivity index (χ3v) is 1.11. The summed E-state index contributed by atoms with van der Waals surface area (Å²) in [6, 6.07) is 20.0. The fourth-order valence-electron chi connectivity index (χ4n) is 0.642. The van der Waals surface area contributed by atoms with E-state index in [0.29, 0.717) is 0 Å². The predicted octanol–water partition coefficient (Wildman–Crippen LogP) is 3.65. The molecule has 0 fully saturated rings.